The number of rotatable bonds is 5. The molecule has 3 atom stereocenters. The Labute approximate surface area is 173 Å². The van der Waals surface area contributed by atoms with Crippen LogP contribution in [-0.2, 0) is 9.53 Å². The quantitative estimate of drug-likeness (QED) is 0.769. The lowest BCUT2D eigenvalue weighted by Crippen LogP contribution is -2.44. The standard InChI is InChI=1S/C19H23Cl2N5O2/c1-11-16(3-5-28-11)25-12-2-4-26(9-12)18(27)8-22-19-13-6-14(20)15(21)7-17(13)23-10-24-19/h6-7,10-12,16,25H,2-5,8-9H2,1H3,(H,22,23,24)/t11?,12-,16?/m1/s1. The summed E-state index contributed by atoms with van der Waals surface area (Å²) in [6.45, 7) is 4.54. The van der Waals surface area contributed by atoms with Gasteiger partial charge in [-0.05, 0) is 31.9 Å². The van der Waals surface area contributed by atoms with Gasteiger partial charge >= 0.3 is 0 Å². The van der Waals surface area contributed by atoms with Crippen molar-refractivity contribution in [3.05, 3.63) is 28.5 Å². The zero-order chi connectivity index (χ0) is 19.7. The molecule has 28 heavy (non-hydrogen) atoms. The summed E-state index contributed by atoms with van der Waals surface area (Å²) >= 11 is 12.2. The number of fused-ring (bicyclic) bond motifs is 1. The molecule has 0 aliphatic carbocycles. The Morgan fingerprint density at radius 2 is 2.11 bits per heavy atom. The van der Waals surface area contributed by atoms with Gasteiger partial charge in [0.2, 0.25) is 5.91 Å². The molecule has 0 spiro atoms. The van der Waals surface area contributed by atoms with Crippen molar-refractivity contribution in [1.29, 1.82) is 0 Å². The molecule has 7 nitrogen and oxygen atoms in total. The third-order valence-electron chi connectivity index (χ3n) is 5.45. The average Bonchev–Trinajstić information content (AvgIpc) is 3.31. The maximum absolute atomic E-state index is 12.6. The van der Waals surface area contributed by atoms with Gasteiger partial charge in [0.15, 0.2) is 0 Å². The van der Waals surface area contributed by atoms with Crippen LogP contribution in [-0.4, -0.2) is 65.2 Å². The largest absolute Gasteiger partial charge is 0.377 e. The smallest absolute Gasteiger partial charge is 0.241 e. The molecule has 1 aromatic carbocycles. The molecular formula is C19H23Cl2N5O2. The summed E-state index contributed by atoms with van der Waals surface area (Å²) < 4.78 is 5.61. The monoisotopic (exact) mass is 423 g/mol. The molecule has 2 unspecified atom stereocenters. The van der Waals surface area contributed by atoms with Crippen LogP contribution < -0.4 is 10.6 Å². The second-order valence-corrected chi connectivity index (χ2v) is 8.14. The van der Waals surface area contributed by atoms with Crippen LogP contribution in [0.25, 0.3) is 10.9 Å². The minimum absolute atomic E-state index is 0.0480. The van der Waals surface area contributed by atoms with Crippen LogP contribution >= 0.6 is 23.2 Å². The summed E-state index contributed by atoms with van der Waals surface area (Å²) in [5, 5.41) is 8.36. The van der Waals surface area contributed by atoms with Crippen LogP contribution in [0.15, 0.2) is 18.5 Å². The van der Waals surface area contributed by atoms with Gasteiger partial charge in [0, 0.05) is 37.2 Å². The first-order valence-electron chi connectivity index (χ1n) is 9.50. The predicted octanol–water partition coefficient (Wildman–Crippen LogP) is 2.72. The molecule has 2 fully saturated rings. The van der Waals surface area contributed by atoms with E-state index < -0.39 is 0 Å². The van der Waals surface area contributed by atoms with Crippen molar-refractivity contribution < 1.29 is 9.53 Å². The minimum Gasteiger partial charge on any atom is -0.377 e. The molecule has 0 radical (unpaired) electrons. The first kappa shape index (κ1) is 19.6. The molecule has 9 heteroatoms. The maximum atomic E-state index is 12.6. The minimum atomic E-state index is 0.0480. The predicted molar refractivity (Wildman–Crippen MR) is 110 cm³/mol. The number of likely N-dealkylation sites (tertiary alicyclic amines) is 1. The fraction of sp³-hybridized carbons (Fsp3) is 0.526. The number of ether oxygens (including phenoxy) is 1. The maximum Gasteiger partial charge on any atom is 0.241 e. The third-order valence-corrected chi connectivity index (χ3v) is 6.17. The highest BCUT2D eigenvalue weighted by Crippen LogP contribution is 2.29. The van der Waals surface area contributed by atoms with Crippen LogP contribution in [0.3, 0.4) is 0 Å². The Balaban J connectivity index is 1.35. The van der Waals surface area contributed by atoms with E-state index in [0.29, 0.717) is 33.5 Å². The number of halogens is 2. The van der Waals surface area contributed by atoms with E-state index in [1.165, 1.54) is 6.33 Å². The topological polar surface area (TPSA) is 79.4 Å². The number of carbonyl (C=O) groups is 1. The van der Waals surface area contributed by atoms with Crippen LogP contribution in [0.4, 0.5) is 5.82 Å². The lowest BCUT2D eigenvalue weighted by Gasteiger charge is -2.22. The second kappa shape index (κ2) is 8.37. The van der Waals surface area contributed by atoms with Crippen molar-refractivity contribution in [3.63, 3.8) is 0 Å². The summed E-state index contributed by atoms with van der Waals surface area (Å²) in [7, 11) is 0. The fourth-order valence-corrected chi connectivity index (χ4v) is 4.16. The Hall–Kier alpha value is -1.67. The number of hydrogen-bond donors (Lipinski definition) is 2. The molecule has 2 aliphatic heterocycles. The van der Waals surface area contributed by atoms with E-state index in [-0.39, 0.29) is 18.6 Å². The number of anilines is 1. The van der Waals surface area contributed by atoms with E-state index in [2.05, 4.69) is 27.5 Å². The van der Waals surface area contributed by atoms with Crippen LogP contribution in [0.1, 0.15) is 19.8 Å². The normalized spacial score (nSPS) is 24.8. The molecule has 1 aromatic heterocycles. The molecule has 0 saturated carbocycles. The van der Waals surface area contributed by atoms with Crippen LogP contribution in [0, 0.1) is 0 Å². The fourth-order valence-electron chi connectivity index (χ4n) is 3.84. The van der Waals surface area contributed by atoms with Crippen molar-refractivity contribution in [1.82, 2.24) is 20.2 Å². The molecule has 150 valence electrons. The lowest BCUT2D eigenvalue weighted by atomic mass is 10.1. The Morgan fingerprint density at radius 3 is 2.89 bits per heavy atom. The molecular weight excluding hydrogens is 401 g/mol. The van der Waals surface area contributed by atoms with Crippen molar-refractivity contribution in [3.8, 4) is 0 Å². The van der Waals surface area contributed by atoms with Gasteiger partial charge in [0.05, 0.1) is 28.2 Å². The molecule has 2 aliphatic rings. The molecule has 0 bridgehead atoms. The van der Waals surface area contributed by atoms with E-state index in [4.69, 9.17) is 27.9 Å². The van der Waals surface area contributed by atoms with Crippen molar-refractivity contribution in [2.24, 2.45) is 0 Å². The molecule has 2 aromatic rings. The van der Waals surface area contributed by atoms with Gasteiger partial charge in [-0.3, -0.25) is 4.79 Å². The van der Waals surface area contributed by atoms with Crippen molar-refractivity contribution in [2.75, 3.05) is 31.6 Å². The Kier molecular flexibility index (Phi) is 5.87. The van der Waals surface area contributed by atoms with Gasteiger partial charge in [-0.2, -0.15) is 0 Å². The number of carbonyl (C=O) groups excluding carboxylic acids is 1. The zero-order valence-corrected chi connectivity index (χ0v) is 17.1. The highest BCUT2D eigenvalue weighted by atomic mass is 35.5. The van der Waals surface area contributed by atoms with Gasteiger partial charge in [0.25, 0.3) is 0 Å². The summed E-state index contributed by atoms with van der Waals surface area (Å²) in [5.74, 6) is 0.620. The summed E-state index contributed by atoms with van der Waals surface area (Å²) in [6, 6.07) is 4.10. The Bertz CT molecular complexity index is 881. The number of amides is 1. The number of nitrogens with zero attached hydrogens (tertiary/aromatic N) is 3. The number of benzene rings is 1. The van der Waals surface area contributed by atoms with Gasteiger partial charge in [-0.15, -0.1) is 0 Å². The number of hydrogen-bond acceptors (Lipinski definition) is 6. The number of aromatic nitrogens is 2. The van der Waals surface area contributed by atoms with Crippen LogP contribution in [0.2, 0.25) is 10.0 Å². The summed E-state index contributed by atoms with van der Waals surface area (Å²) in [6.07, 6.45) is 3.66. The summed E-state index contributed by atoms with van der Waals surface area (Å²) in [5.41, 5.74) is 0.678. The van der Waals surface area contributed by atoms with Gasteiger partial charge in [0.1, 0.15) is 12.1 Å². The number of nitrogens with one attached hydrogen (secondary N) is 2. The first-order valence-corrected chi connectivity index (χ1v) is 10.3. The molecule has 1 amide bonds. The van der Waals surface area contributed by atoms with E-state index in [1.807, 2.05) is 4.90 Å². The average molecular weight is 424 g/mol. The van der Waals surface area contributed by atoms with Gasteiger partial charge < -0.3 is 20.3 Å². The Morgan fingerprint density at radius 1 is 1.29 bits per heavy atom. The van der Waals surface area contributed by atoms with Crippen molar-refractivity contribution >= 4 is 45.8 Å². The molecule has 2 N–H and O–H groups in total. The highest BCUT2D eigenvalue weighted by molar-refractivity contribution is 6.42. The van der Waals surface area contributed by atoms with Gasteiger partial charge in [-0.25, -0.2) is 9.97 Å². The van der Waals surface area contributed by atoms with E-state index in [1.54, 1.807) is 12.1 Å². The van der Waals surface area contributed by atoms with Crippen LogP contribution in [0.5, 0.6) is 0 Å². The van der Waals surface area contributed by atoms with Crippen molar-refractivity contribution in [2.45, 2.75) is 38.0 Å². The summed E-state index contributed by atoms with van der Waals surface area (Å²) in [4.78, 5) is 23.0. The first-order chi connectivity index (χ1) is 13.5. The van der Waals surface area contributed by atoms with E-state index >= 15 is 0 Å². The third kappa shape index (κ3) is 4.17. The van der Waals surface area contributed by atoms with Gasteiger partial charge in [-0.1, -0.05) is 23.2 Å². The van der Waals surface area contributed by atoms with E-state index in [0.717, 1.165) is 37.9 Å². The highest BCUT2D eigenvalue weighted by Gasteiger charge is 2.31. The molecule has 4 rings (SSSR count). The second-order valence-electron chi connectivity index (χ2n) is 7.32. The molecule has 3 heterocycles. The lowest BCUT2D eigenvalue weighted by molar-refractivity contribution is -0.128. The molecule has 2 saturated heterocycles. The van der Waals surface area contributed by atoms with E-state index in [9.17, 15) is 4.79 Å². The zero-order valence-electron chi connectivity index (χ0n) is 15.6. The SMILES string of the molecule is CC1OCCC1N[C@@H]1CCN(C(=O)CNc2ncnc3cc(Cl)c(Cl)cc23)C1.